The molecule has 2 aromatic carbocycles. The highest BCUT2D eigenvalue weighted by molar-refractivity contribution is 5.89. The average Bonchev–Trinajstić information content (AvgIpc) is 2.94. The molecule has 3 aromatic rings. The summed E-state index contributed by atoms with van der Waals surface area (Å²) in [5.41, 5.74) is 2.41. The molecule has 38 heavy (non-hydrogen) atoms. The fourth-order valence-corrected chi connectivity index (χ4v) is 6.09. The number of aryl methyl sites for hydroxylation is 1. The van der Waals surface area contributed by atoms with Crippen LogP contribution < -0.4 is 15.5 Å². The molecular weight excluding hydrogens is 466 g/mol. The number of fused-ring (bicyclic) bond motifs is 1. The van der Waals surface area contributed by atoms with E-state index in [0.29, 0.717) is 6.04 Å². The van der Waals surface area contributed by atoms with E-state index < -0.39 is 0 Å². The normalized spacial score (nSPS) is 23.5. The zero-order valence-electron chi connectivity index (χ0n) is 24.1. The van der Waals surface area contributed by atoms with Crippen molar-refractivity contribution in [1.29, 1.82) is 0 Å². The first-order valence-corrected chi connectivity index (χ1v) is 14.9. The van der Waals surface area contributed by atoms with Crippen LogP contribution in [0, 0.1) is 24.7 Å². The van der Waals surface area contributed by atoms with E-state index in [-0.39, 0.29) is 0 Å². The quantitative estimate of drug-likeness (QED) is 0.347. The Morgan fingerprint density at radius 3 is 2.29 bits per heavy atom. The molecule has 0 amide bonds. The van der Waals surface area contributed by atoms with Gasteiger partial charge in [-0.05, 0) is 81.1 Å². The number of anilines is 1. The van der Waals surface area contributed by atoms with Crippen LogP contribution in [0.5, 0.6) is 0 Å². The third kappa shape index (κ3) is 8.51. The van der Waals surface area contributed by atoms with Crippen molar-refractivity contribution in [3.63, 3.8) is 0 Å². The number of hydrogen-bond donors (Lipinski definition) is 2. The van der Waals surface area contributed by atoms with Gasteiger partial charge in [0.15, 0.2) is 0 Å². The minimum Gasteiger partial charge on any atom is -0.362 e. The molecule has 5 rings (SSSR count). The first-order chi connectivity index (χ1) is 18.5. The largest absolute Gasteiger partial charge is 0.362 e. The van der Waals surface area contributed by atoms with Crippen molar-refractivity contribution in [1.82, 2.24) is 20.6 Å². The lowest BCUT2D eigenvalue weighted by Crippen LogP contribution is -2.43. The maximum atomic E-state index is 4.42. The van der Waals surface area contributed by atoms with Crippen LogP contribution in [0.3, 0.4) is 0 Å². The lowest BCUT2D eigenvalue weighted by atomic mass is 9.82. The molecule has 0 bridgehead atoms. The Morgan fingerprint density at radius 1 is 0.816 bits per heavy atom. The van der Waals surface area contributed by atoms with Gasteiger partial charge >= 0.3 is 0 Å². The standard InChI is InChI=1S/C22H36N2.C11H13N3/c1-18-11-13-20(14-12-18)15-23-17-21-9-5-6-10-22(21)24-16-19-7-3-2-4-8-19;1-8-12-10-7-5-4-6-9(10)11(13-8)14(2)3/h2-4,7-8,18,20-24H,5-6,9-17H2,1H3;4-7H,1-3H3. The number of para-hydroxylation sites is 1. The first kappa shape index (κ1) is 28.5. The summed E-state index contributed by atoms with van der Waals surface area (Å²) in [4.78, 5) is 10.8. The Balaban J connectivity index is 0.000000204. The van der Waals surface area contributed by atoms with E-state index >= 15 is 0 Å². The van der Waals surface area contributed by atoms with E-state index in [2.05, 4.69) is 57.9 Å². The van der Waals surface area contributed by atoms with Gasteiger partial charge < -0.3 is 15.5 Å². The Hall–Kier alpha value is -2.50. The number of rotatable bonds is 8. The summed E-state index contributed by atoms with van der Waals surface area (Å²) in [5, 5.41) is 8.77. The van der Waals surface area contributed by atoms with Gasteiger partial charge in [0.05, 0.1) is 5.52 Å². The van der Waals surface area contributed by atoms with Crippen molar-refractivity contribution >= 4 is 16.7 Å². The van der Waals surface area contributed by atoms with Gasteiger partial charge in [0, 0.05) is 32.1 Å². The lowest BCUT2D eigenvalue weighted by Gasteiger charge is -2.33. The smallest absolute Gasteiger partial charge is 0.139 e. The summed E-state index contributed by atoms with van der Waals surface area (Å²) in [7, 11) is 3.99. The van der Waals surface area contributed by atoms with Crippen LogP contribution >= 0.6 is 0 Å². The third-order valence-corrected chi connectivity index (χ3v) is 8.41. The second-order valence-corrected chi connectivity index (χ2v) is 11.8. The van der Waals surface area contributed by atoms with Gasteiger partial charge in [-0.15, -0.1) is 0 Å². The van der Waals surface area contributed by atoms with E-state index in [1.807, 2.05) is 50.2 Å². The third-order valence-electron chi connectivity index (χ3n) is 8.41. The van der Waals surface area contributed by atoms with Crippen molar-refractivity contribution in [3.05, 3.63) is 66.0 Å². The second kappa shape index (κ2) is 14.6. The van der Waals surface area contributed by atoms with Crippen molar-refractivity contribution in [2.75, 3.05) is 32.1 Å². The maximum Gasteiger partial charge on any atom is 0.139 e. The number of hydrogen-bond acceptors (Lipinski definition) is 5. The van der Waals surface area contributed by atoms with Gasteiger partial charge in [-0.3, -0.25) is 0 Å². The molecule has 0 aliphatic heterocycles. The molecule has 0 saturated heterocycles. The van der Waals surface area contributed by atoms with Gasteiger partial charge in [-0.1, -0.05) is 75.1 Å². The predicted octanol–water partition coefficient (Wildman–Crippen LogP) is 6.76. The molecule has 0 spiro atoms. The van der Waals surface area contributed by atoms with Gasteiger partial charge in [0.1, 0.15) is 11.6 Å². The molecule has 2 atom stereocenters. The van der Waals surface area contributed by atoms with Crippen LogP contribution in [-0.2, 0) is 6.54 Å². The Morgan fingerprint density at radius 2 is 1.53 bits per heavy atom. The Labute approximate surface area is 230 Å². The second-order valence-electron chi connectivity index (χ2n) is 11.8. The molecule has 2 N–H and O–H groups in total. The van der Waals surface area contributed by atoms with E-state index in [0.717, 1.165) is 46.8 Å². The Bertz CT molecular complexity index is 1090. The molecular formula is C33H49N5. The molecule has 5 heteroatoms. The fourth-order valence-electron chi connectivity index (χ4n) is 6.09. The van der Waals surface area contributed by atoms with E-state index in [1.54, 1.807) is 0 Å². The van der Waals surface area contributed by atoms with Crippen LogP contribution in [0.25, 0.3) is 10.9 Å². The molecule has 1 heterocycles. The summed E-state index contributed by atoms with van der Waals surface area (Å²) in [6.07, 6.45) is 11.3. The topological polar surface area (TPSA) is 53.1 Å². The zero-order valence-corrected chi connectivity index (χ0v) is 24.1. The summed E-state index contributed by atoms with van der Waals surface area (Å²) in [5.74, 6) is 4.50. The van der Waals surface area contributed by atoms with E-state index in [4.69, 9.17) is 0 Å². The number of nitrogens with one attached hydrogen (secondary N) is 2. The maximum absolute atomic E-state index is 4.42. The predicted molar refractivity (Wildman–Crippen MR) is 162 cm³/mol. The van der Waals surface area contributed by atoms with E-state index in [9.17, 15) is 0 Å². The van der Waals surface area contributed by atoms with Crippen LogP contribution in [0.1, 0.15) is 69.7 Å². The molecule has 2 aliphatic rings. The molecule has 2 aliphatic carbocycles. The molecule has 206 valence electrons. The molecule has 2 fully saturated rings. The van der Waals surface area contributed by atoms with Crippen LogP contribution in [-0.4, -0.2) is 43.2 Å². The Kier molecular flexibility index (Phi) is 11.0. The SMILES string of the molecule is CC1CCC(CNCC2CCCCC2NCc2ccccc2)CC1.Cc1nc(N(C)C)c2ccccc2n1. The molecule has 2 unspecified atom stereocenters. The zero-order chi connectivity index (χ0) is 26.7. The van der Waals surface area contributed by atoms with Crippen molar-refractivity contribution in [2.45, 2.75) is 77.8 Å². The summed E-state index contributed by atoms with van der Waals surface area (Å²) in [6, 6.07) is 19.6. The fraction of sp³-hybridized carbons (Fsp3) is 0.576. The molecule has 0 radical (unpaired) electrons. The highest BCUT2D eigenvalue weighted by Gasteiger charge is 2.25. The first-order valence-electron chi connectivity index (χ1n) is 14.9. The van der Waals surface area contributed by atoms with Gasteiger partial charge in [-0.25, -0.2) is 9.97 Å². The van der Waals surface area contributed by atoms with E-state index in [1.165, 1.54) is 70.0 Å². The van der Waals surface area contributed by atoms with Gasteiger partial charge in [-0.2, -0.15) is 0 Å². The highest BCUT2D eigenvalue weighted by atomic mass is 15.1. The van der Waals surface area contributed by atoms with Gasteiger partial charge in [0.25, 0.3) is 0 Å². The minimum absolute atomic E-state index is 0.692. The highest BCUT2D eigenvalue weighted by Crippen LogP contribution is 2.28. The summed E-state index contributed by atoms with van der Waals surface area (Å²) >= 11 is 0. The molecule has 2 saturated carbocycles. The summed E-state index contributed by atoms with van der Waals surface area (Å²) < 4.78 is 0. The van der Waals surface area contributed by atoms with Crippen molar-refractivity contribution in [2.24, 2.45) is 17.8 Å². The van der Waals surface area contributed by atoms with Crippen LogP contribution in [0.2, 0.25) is 0 Å². The minimum atomic E-state index is 0.692. The molecule has 1 aromatic heterocycles. The van der Waals surface area contributed by atoms with Crippen LogP contribution in [0.4, 0.5) is 5.82 Å². The van der Waals surface area contributed by atoms with Crippen LogP contribution in [0.15, 0.2) is 54.6 Å². The number of aromatic nitrogens is 2. The number of benzene rings is 2. The monoisotopic (exact) mass is 515 g/mol. The lowest BCUT2D eigenvalue weighted by molar-refractivity contribution is 0.236. The van der Waals surface area contributed by atoms with Crippen molar-refractivity contribution in [3.8, 4) is 0 Å². The molecule has 5 nitrogen and oxygen atoms in total. The van der Waals surface area contributed by atoms with Gasteiger partial charge in [0.2, 0.25) is 0 Å². The summed E-state index contributed by atoms with van der Waals surface area (Å²) in [6.45, 7) is 7.80. The average molecular weight is 516 g/mol. The number of nitrogens with zero attached hydrogens (tertiary/aromatic N) is 3. The van der Waals surface area contributed by atoms with Crippen molar-refractivity contribution < 1.29 is 0 Å².